The molecule has 0 bridgehead atoms. The van der Waals surface area contributed by atoms with Gasteiger partial charge < -0.3 is 10.0 Å². The van der Waals surface area contributed by atoms with E-state index in [-0.39, 0.29) is 12.1 Å². The molecule has 1 fully saturated rings. The van der Waals surface area contributed by atoms with Crippen molar-refractivity contribution in [3.8, 4) is 6.07 Å². The van der Waals surface area contributed by atoms with Crippen molar-refractivity contribution in [3.63, 3.8) is 0 Å². The number of halogens is 3. The largest absolute Gasteiger partial charge is 0.481 e. The van der Waals surface area contributed by atoms with Crippen LogP contribution >= 0.6 is 0 Å². The van der Waals surface area contributed by atoms with Crippen molar-refractivity contribution in [2.45, 2.75) is 12.6 Å². The minimum Gasteiger partial charge on any atom is -0.481 e. The summed E-state index contributed by atoms with van der Waals surface area (Å²) >= 11 is 0. The van der Waals surface area contributed by atoms with Crippen LogP contribution in [0.5, 0.6) is 0 Å². The highest BCUT2D eigenvalue weighted by Crippen LogP contribution is 2.34. The molecule has 1 aliphatic rings. The summed E-state index contributed by atoms with van der Waals surface area (Å²) in [5, 5.41) is 17.9. The van der Waals surface area contributed by atoms with E-state index < -0.39 is 23.6 Å². The highest BCUT2D eigenvalue weighted by Gasteiger charge is 2.33. The zero-order chi connectivity index (χ0) is 14.9. The second-order valence-electron chi connectivity index (χ2n) is 4.61. The Labute approximate surface area is 113 Å². The number of carboxylic acid groups (broad SMARTS) is 1. The number of anilines is 1. The van der Waals surface area contributed by atoms with Gasteiger partial charge in [-0.05, 0) is 24.6 Å². The lowest BCUT2D eigenvalue weighted by atomic mass is 10.1. The van der Waals surface area contributed by atoms with Gasteiger partial charge in [-0.2, -0.15) is 18.4 Å². The number of carbonyl (C=O) groups is 1. The molecule has 0 amide bonds. The highest BCUT2D eigenvalue weighted by atomic mass is 19.4. The molecule has 1 N–H and O–H groups in total. The number of aliphatic carboxylic acids is 1. The maximum atomic E-state index is 12.6. The Kier molecular flexibility index (Phi) is 3.57. The molecular formula is C13H11F3N2O2. The molecule has 7 heteroatoms. The van der Waals surface area contributed by atoms with Crippen LogP contribution in [0.3, 0.4) is 0 Å². The Morgan fingerprint density at radius 1 is 1.45 bits per heavy atom. The summed E-state index contributed by atoms with van der Waals surface area (Å²) < 4.78 is 37.7. The fourth-order valence-electron chi connectivity index (χ4n) is 2.26. The highest BCUT2D eigenvalue weighted by molar-refractivity contribution is 5.73. The van der Waals surface area contributed by atoms with Gasteiger partial charge >= 0.3 is 12.1 Å². The van der Waals surface area contributed by atoms with Crippen LogP contribution < -0.4 is 4.90 Å². The van der Waals surface area contributed by atoms with Gasteiger partial charge in [0.25, 0.3) is 0 Å². The molecule has 4 nitrogen and oxygen atoms in total. The van der Waals surface area contributed by atoms with E-state index in [2.05, 4.69) is 0 Å². The Morgan fingerprint density at radius 2 is 2.15 bits per heavy atom. The first-order valence-electron chi connectivity index (χ1n) is 5.92. The fourth-order valence-corrected chi connectivity index (χ4v) is 2.26. The lowest BCUT2D eigenvalue weighted by Gasteiger charge is -2.20. The molecule has 0 saturated carbocycles. The van der Waals surface area contributed by atoms with Crippen LogP contribution in [0.2, 0.25) is 0 Å². The second-order valence-corrected chi connectivity index (χ2v) is 4.61. The zero-order valence-corrected chi connectivity index (χ0v) is 10.3. The SMILES string of the molecule is N#Cc1cc(C(F)(F)F)ccc1N1CCC(C(=O)O)C1. The smallest absolute Gasteiger partial charge is 0.416 e. The first-order valence-corrected chi connectivity index (χ1v) is 5.92. The third-order valence-corrected chi connectivity index (χ3v) is 3.32. The maximum absolute atomic E-state index is 12.6. The Bertz CT molecular complexity index is 578. The molecule has 0 aromatic heterocycles. The van der Waals surface area contributed by atoms with E-state index in [4.69, 9.17) is 10.4 Å². The molecule has 1 heterocycles. The summed E-state index contributed by atoms with van der Waals surface area (Å²) in [4.78, 5) is 12.5. The van der Waals surface area contributed by atoms with Gasteiger partial charge in [-0.15, -0.1) is 0 Å². The third-order valence-electron chi connectivity index (χ3n) is 3.32. The van der Waals surface area contributed by atoms with E-state index >= 15 is 0 Å². The molecule has 2 rings (SSSR count). The van der Waals surface area contributed by atoms with Gasteiger partial charge in [0.1, 0.15) is 6.07 Å². The predicted molar refractivity (Wildman–Crippen MR) is 64.1 cm³/mol. The van der Waals surface area contributed by atoms with E-state index in [9.17, 15) is 18.0 Å². The van der Waals surface area contributed by atoms with Gasteiger partial charge in [0.15, 0.2) is 0 Å². The third kappa shape index (κ3) is 2.69. The summed E-state index contributed by atoms with van der Waals surface area (Å²) in [6.45, 7) is 0.617. The van der Waals surface area contributed by atoms with Crippen molar-refractivity contribution in [1.29, 1.82) is 5.26 Å². The quantitative estimate of drug-likeness (QED) is 0.906. The van der Waals surface area contributed by atoms with Crippen molar-refractivity contribution in [2.75, 3.05) is 18.0 Å². The van der Waals surface area contributed by atoms with Crippen molar-refractivity contribution in [2.24, 2.45) is 5.92 Å². The van der Waals surface area contributed by atoms with Crippen LogP contribution in [-0.4, -0.2) is 24.2 Å². The van der Waals surface area contributed by atoms with E-state index in [1.807, 2.05) is 0 Å². The molecule has 1 aromatic carbocycles. The molecule has 1 aliphatic heterocycles. The monoisotopic (exact) mass is 284 g/mol. The van der Waals surface area contributed by atoms with Gasteiger partial charge in [0, 0.05) is 13.1 Å². The van der Waals surface area contributed by atoms with E-state index in [0.29, 0.717) is 18.7 Å². The number of rotatable bonds is 2. The molecule has 20 heavy (non-hydrogen) atoms. The number of carboxylic acids is 1. The summed E-state index contributed by atoms with van der Waals surface area (Å²) in [5.41, 5.74) is -0.623. The van der Waals surface area contributed by atoms with Gasteiger partial charge in [0.05, 0.1) is 22.7 Å². The second kappa shape index (κ2) is 5.04. The minimum atomic E-state index is -4.50. The van der Waals surface area contributed by atoms with Crippen LogP contribution in [-0.2, 0) is 11.0 Å². The van der Waals surface area contributed by atoms with Gasteiger partial charge in [0.2, 0.25) is 0 Å². The van der Waals surface area contributed by atoms with Crippen LogP contribution in [0.25, 0.3) is 0 Å². The topological polar surface area (TPSA) is 64.3 Å². The number of nitrogens with zero attached hydrogens (tertiary/aromatic N) is 2. The van der Waals surface area contributed by atoms with Crippen LogP contribution in [0.4, 0.5) is 18.9 Å². The molecule has 0 aliphatic carbocycles. The van der Waals surface area contributed by atoms with E-state index in [0.717, 1.165) is 12.1 Å². The molecular weight excluding hydrogens is 273 g/mol. The molecule has 1 atom stereocenters. The maximum Gasteiger partial charge on any atom is 0.416 e. The Morgan fingerprint density at radius 3 is 2.65 bits per heavy atom. The standard InChI is InChI=1S/C13H11F3N2O2/c14-13(15,16)10-1-2-11(9(5-10)6-17)18-4-3-8(7-18)12(19)20/h1-2,5,8H,3-4,7H2,(H,19,20). The molecule has 1 aromatic rings. The van der Waals surface area contributed by atoms with Crippen LogP contribution in [0.15, 0.2) is 18.2 Å². The summed E-state index contributed by atoms with van der Waals surface area (Å²) in [7, 11) is 0. The number of hydrogen-bond donors (Lipinski definition) is 1. The Balaban J connectivity index is 2.30. The molecule has 0 spiro atoms. The van der Waals surface area contributed by atoms with Crippen LogP contribution in [0, 0.1) is 17.2 Å². The van der Waals surface area contributed by atoms with Crippen molar-refractivity contribution >= 4 is 11.7 Å². The van der Waals surface area contributed by atoms with E-state index in [1.54, 1.807) is 11.0 Å². The number of hydrogen-bond acceptors (Lipinski definition) is 3. The fraction of sp³-hybridized carbons (Fsp3) is 0.385. The minimum absolute atomic E-state index is 0.0918. The molecule has 1 saturated heterocycles. The summed E-state index contributed by atoms with van der Waals surface area (Å²) in [5.74, 6) is -1.48. The molecule has 1 unspecified atom stereocenters. The van der Waals surface area contributed by atoms with Gasteiger partial charge in [-0.25, -0.2) is 0 Å². The summed E-state index contributed by atoms with van der Waals surface area (Å²) in [6, 6.07) is 4.67. The first kappa shape index (κ1) is 14.2. The molecule has 0 radical (unpaired) electrons. The average Bonchev–Trinajstić information content (AvgIpc) is 2.86. The van der Waals surface area contributed by atoms with E-state index in [1.165, 1.54) is 6.07 Å². The van der Waals surface area contributed by atoms with Crippen molar-refractivity contribution < 1.29 is 23.1 Å². The average molecular weight is 284 g/mol. The predicted octanol–water partition coefficient (Wildman–Crippen LogP) is 2.49. The number of benzene rings is 1. The zero-order valence-electron chi connectivity index (χ0n) is 10.3. The normalized spacial score (nSPS) is 18.9. The number of nitriles is 1. The van der Waals surface area contributed by atoms with Crippen molar-refractivity contribution in [3.05, 3.63) is 29.3 Å². The summed E-state index contributed by atoms with van der Waals surface area (Å²) in [6.07, 6.45) is -4.08. The van der Waals surface area contributed by atoms with Crippen molar-refractivity contribution in [1.82, 2.24) is 0 Å². The van der Waals surface area contributed by atoms with Gasteiger partial charge in [-0.1, -0.05) is 0 Å². The van der Waals surface area contributed by atoms with Crippen LogP contribution in [0.1, 0.15) is 17.5 Å². The lowest BCUT2D eigenvalue weighted by molar-refractivity contribution is -0.141. The molecule has 106 valence electrons. The number of alkyl halides is 3. The lowest BCUT2D eigenvalue weighted by Crippen LogP contribution is -2.23. The Hall–Kier alpha value is -2.23. The van der Waals surface area contributed by atoms with Gasteiger partial charge in [-0.3, -0.25) is 4.79 Å². The first-order chi connectivity index (χ1) is 9.32.